The van der Waals surface area contributed by atoms with Crippen molar-refractivity contribution >= 4 is 0 Å². The van der Waals surface area contributed by atoms with Gasteiger partial charge >= 0.3 is 0 Å². The summed E-state index contributed by atoms with van der Waals surface area (Å²) in [5.41, 5.74) is 0. The van der Waals surface area contributed by atoms with Crippen LogP contribution < -0.4 is 5.32 Å². The Morgan fingerprint density at radius 2 is 2.06 bits per heavy atom. The first-order valence-electron chi connectivity index (χ1n) is 7.13. The number of ether oxygens (including phenoxy) is 1. The fourth-order valence-corrected chi connectivity index (χ4v) is 2.34. The minimum Gasteiger partial charge on any atom is -0.383 e. The molecule has 1 saturated carbocycles. The van der Waals surface area contributed by atoms with Crippen molar-refractivity contribution in [3.63, 3.8) is 0 Å². The van der Waals surface area contributed by atoms with Crippen molar-refractivity contribution in [2.24, 2.45) is 0 Å². The van der Waals surface area contributed by atoms with E-state index in [1.165, 1.54) is 12.8 Å². The summed E-state index contributed by atoms with van der Waals surface area (Å²) in [7, 11) is 1.73. The number of hydrogen-bond acceptors (Lipinski definition) is 4. The van der Waals surface area contributed by atoms with Gasteiger partial charge < -0.3 is 4.74 Å². The van der Waals surface area contributed by atoms with Crippen LogP contribution in [0.5, 0.6) is 0 Å². The highest BCUT2D eigenvalue weighted by Gasteiger charge is 2.26. The molecule has 4 nitrogen and oxygen atoms in total. The van der Waals surface area contributed by atoms with Gasteiger partial charge in [0.25, 0.3) is 0 Å². The van der Waals surface area contributed by atoms with Gasteiger partial charge in [-0.2, -0.15) is 5.26 Å². The lowest BCUT2D eigenvalue weighted by molar-refractivity contribution is 0.111. The Bertz CT molecular complexity index is 256. The van der Waals surface area contributed by atoms with Gasteiger partial charge in [-0.05, 0) is 25.7 Å². The first-order chi connectivity index (χ1) is 8.74. The molecule has 0 heterocycles. The van der Waals surface area contributed by atoms with Crippen LogP contribution in [-0.4, -0.2) is 49.8 Å². The van der Waals surface area contributed by atoms with Crippen LogP contribution in [0.1, 0.15) is 39.5 Å². The lowest BCUT2D eigenvalue weighted by Gasteiger charge is -2.31. The molecule has 4 heteroatoms. The average Bonchev–Trinajstić information content (AvgIpc) is 3.19. The maximum Gasteiger partial charge on any atom is 0.108 e. The van der Waals surface area contributed by atoms with Gasteiger partial charge in [-0.25, -0.2) is 0 Å². The van der Waals surface area contributed by atoms with Crippen LogP contribution in [0.2, 0.25) is 0 Å². The van der Waals surface area contributed by atoms with Gasteiger partial charge in [-0.3, -0.25) is 10.2 Å². The third-order valence-corrected chi connectivity index (χ3v) is 3.63. The normalized spacial score (nSPS) is 17.1. The molecule has 1 N–H and O–H groups in total. The molecule has 0 spiro atoms. The molecule has 18 heavy (non-hydrogen) atoms. The third kappa shape index (κ3) is 5.34. The summed E-state index contributed by atoms with van der Waals surface area (Å²) in [4.78, 5) is 2.40. The summed E-state index contributed by atoms with van der Waals surface area (Å²) in [6, 6.07) is 3.48. The molecule has 1 unspecified atom stereocenters. The molecule has 0 aromatic heterocycles. The van der Waals surface area contributed by atoms with Crippen LogP contribution in [-0.2, 0) is 4.74 Å². The van der Waals surface area contributed by atoms with E-state index >= 15 is 0 Å². The molecule has 0 saturated heterocycles. The van der Waals surface area contributed by atoms with Gasteiger partial charge in [0.15, 0.2) is 0 Å². The van der Waals surface area contributed by atoms with Crippen LogP contribution in [0, 0.1) is 11.3 Å². The largest absolute Gasteiger partial charge is 0.383 e. The zero-order chi connectivity index (χ0) is 13.4. The van der Waals surface area contributed by atoms with Crippen molar-refractivity contribution in [2.45, 2.75) is 57.7 Å². The van der Waals surface area contributed by atoms with Crippen molar-refractivity contribution in [3.05, 3.63) is 0 Å². The first kappa shape index (κ1) is 15.4. The van der Waals surface area contributed by atoms with E-state index < -0.39 is 0 Å². The van der Waals surface area contributed by atoms with E-state index in [0.717, 1.165) is 32.5 Å². The Morgan fingerprint density at radius 1 is 1.39 bits per heavy atom. The van der Waals surface area contributed by atoms with E-state index in [1.54, 1.807) is 7.11 Å². The molecule has 1 aliphatic rings. The van der Waals surface area contributed by atoms with Gasteiger partial charge in [0.05, 0.1) is 12.7 Å². The van der Waals surface area contributed by atoms with Crippen molar-refractivity contribution in [1.29, 1.82) is 5.26 Å². The smallest absolute Gasteiger partial charge is 0.108 e. The number of methoxy groups -OCH3 is 1. The molecule has 0 bridgehead atoms. The summed E-state index contributed by atoms with van der Waals surface area (Å²) >= 11 is 0. The second kappa shape index (κ2) is 8.47. The second-order valence-electron chi connectivity index (χ2n) is 5.08. The molecule has 1 aliphatic carbocycles. The van der Waals surface area contributed by atoms with Crippen LogP contribution in [0.3, 0.4) is 0 Å². The molecule has 104 valence electrons. The van der Waals surface area contributed by atoms with Gasteiger partial charge in [-0.15, -0.1) is 0 Å². The first-order valence-corrected chi connectivity index (χ1v) is 7.13. The Balaban J connectivity index is 2.48. The topological polar surface area (TPSA) is 48.3 Å². The van der Waals surface area contributed by atoms with Crippen LogP contribution in [0.4, 0.5) is 0 Å². The Labute approximate surface area is 111 Å². The SMILES string of the molecule is CCC(CC)N(CCOC)CC(C#N)NC1CC1. The maximum absolute atomic E-state index is 9.23. The number of rotatable bonds is 10. The summed E-state index contributed by atoms with van der Waals surface area (Å²) in [5, 5.41) is 12.6. The van der Waals surface area contributed by atoms with E-state index in [2.05, 4.69) is 30.1 Å². The second-order valence-corrected chi connectivity index (χ2v) is 5.08. The summed E-state index contributed by atoms with van der Waals surface area (Å²) in [6.45, 7) is 6.88. The fourth-order valence-electron chi connectivity index (χ4n) is 2.34. The predicted molar refractivity (Wildman–Crippen MR) is 73.4 cm³/mol. The molecule has 0 radical (unpaired) electrons. The highest BCUT2D eigenvalue weighted by molar-refractivity contribution is 4.98. The van der Waals surface area contributed by atoms with Crippen LogP contribution >= 0.6 is 0 Å². The fraction of sp³-hybridized carbons (Fsp3) is 0.929. The molecule has 1 fully saturated rings. The van der Waals surface area contributed by atoms with E-state index in [1.807, 2.05) is 0 Å². The molecule has 1 atom stereocenters. The molecule has 0 aromatic carbocycles. The highest BCUT2D eigenvalue weighted by atomic mass is 16.5. The number of nitriles is 1. The quantitative estimate of drug-likeness (QED) is 0.644. The molecular formula is C14H27N3O. The highest BCUT2D eigenvalue weighted by Crippen LogP contribution is 2.20. The summed E-state index contributed by atoms with van der Waals surface area (Å²) in [6.07, 6.45) is 4.70. The average molecular weight is 253 g/mol. The molecule has 0 amide bonds. The zero-order valence-electron chi connectivity index (χ0n) is 12.0. The van der Waals surface area contributed by atoms with Crippen molar-refractivity contribution in [3.8, 4) is 6.07 Å². The molecule has 0 aromatic rings. The maximum atomic E-state index is 9.23. The zero-order valence-corrected chi connectivity index (χ0v) is 12.0. The molecule has 1 rings (SSSR count). The lowest BCUT2D eigenvalue weighted by atomic mass is 10.1. The van der Waals surface area contributed by atoms with E-state index in [4.69, 9.17) is 4.74 Å². The molecule has 0 aliphatic heterocycles. The van der Waals surface area contributed by atoms with Crippen LogP contribution in [0.15, 0.2) is 0 Å². The number of hydrogen-bond donors (Lipinski definition) is 1. The van der Waals surface area contributed by atoms with Crippen molar-refractivity contribution < 1.29 is 4.74 Å². The lowest BCUT2D eigenvalue weighted by Crippen LogP contribution is -2.46. The summed E-state index contributed by atoms with van der Waals surface area (Å²) < 4.78 is 5.18. The van der Waals surface area contributed by atoms with E-state index in [-0.39, 0.29) is 6.04 Å². The minimum absolute atomic E-state index is 0.0463. The summed E-state index contributed by atoms with van der Waals surface area (Å²) in [5.74, 6) is 0. The Kier molecular flexibility index (Phi) is 7.26. The van der Waals surface area contributed by atoms with Crippen molar-refractivity contribution in [2.75, 3.05) is 26.8 Å². The number of nitrogens with zero attached hydrogens (tertiary/aromatic N) is 2. The number of nitrogens with one attached hydrogen (secondary N) is 1. The third-order valence-electron chi connectivity index (χ3n) is 3.63. The predicted octanol–water partition coefficient (Wildman–Crippen LogP) is 1.77. The van der Waals surface area contributed by atoms with Gasteiger partial charge in [-0.1, -0.05) is 13.8 Å². The van der Waals surface area contributed by atoms with Gasteiger partial charge in [0.1, 0.15) is 6.04 Å². The van der Waals surface area contributed by atoms with Crippen molar-refractivity contribution in [1.82, 2.24) is 10.2 Å². The van der Waals surface area contributed by atoms with E-state index in [0.29, 0.717) is 12.1 Å². The Hall–Kier alpha value is -0.630. The van der Waals surface area contributed by atoms with Gasteiger partial charge in [0.2, 0.25) is 0 Å². The van der Waals surface area contributed by atoms with Crippen LogP contribution in [0.25, 0.3) is 0 Å². The van der Waals surface area contributed by atoms with Gasteiger partial charge in [0, 0.05) is 32.3 Å². The Morgan fingerprint density at radius 3 is 2.50 bits per heavy atom. The van der Waals surface area contributed by atoms with E-state index in [9.17, 15) is 5.26 Å². The molecular weight excluding hydrogens is 226 g/mol. The standard InChI is InChI=1S/C14H27N3O/c1-4-14(5-2)17(8-9-18-3)11-13(10-15)16-12-6-7-12/h12-14,16H,4-9,11H2,1-3H3. The monoisotopic (exact) mass is 253 g/mol. The minimum atomic E-state index is -0.0463.